The van der Waals surface area contributed by atoms with Gasteiger partial charge in [0.1, 0.15) is 0 Å². The first-order valence-electron chi connectivity index (χ1n) is 14.3. The summed E-state index contributed by atoms with van der Waals surface area (Å²) in [6, 6.07) is 37.8. The minimum absolute atomic E-state index is 0.509. The summed E-state index contributed by atoms with van der Waals surface area (Å²) in [4.78, 5) is 0. The van der Waals surface area contributed by atoms with E-state index in [0.717, 1.165) is 0 Å². The van der Waals surface area contributed by atoms with Crippen LogP contribution in [0.1, 0.15) is 101 Å². The van der Waals surface area contributed by atoms with Crippen LogP contribution >= 0.6 is 0 Å². The Morgan fingerprint density at radius 2 is 0.605 bits per heavy atom. The molecule has 4 aromatic rings. The zero-order valence-electron chi connectivity index (χ0n) is 24.5. The molecule has 196 valence electrons. The van der Waals surface area contributed by atoms with Gasteiger partial charge in [0.2, 0.25) is 0 Å². The summed E-state index contributed by atoms with van der Waals surface area (Å²) in [7, 11) is 0. The quantitative estimate of drug-likeness (QED) is 0.183. The number of hydrogen-bond donors (Lipinski definition) is 0. The van der Waals surface area contributed by atoms with Gasteiger partial charge in [-0.3, -0.25) is 0 Å². The number of rotatable bonds is 8. The third-order valence-corrected chi connectivity index (χ3v) is 34.2. The summed E-state index contributed by atoms with van der Waals surface area (Å²) < 4.78 is 6.79. The van der Waals surface area contributed by atoms with Crippen LogP contribution in [0, 0.1) is 0 Å². The zero-order valence-corrected chi connectivity index (χ0v) is 28.7. The molecule has 0 saturated carbocycles. The second kappa shape index (κ2) is 12.9. The zero-order chi connectivity index (χ0) is 27.4. The predicted octanol–water partition coefficient (Wildman–Crippen LogP) is 7.18. The Balaban J connectivity index is 2.35. The summed E-state index contributed by atoms with van der Waals surface area (Å²) in [5.41, 5.74) is 6.35. The molecule has 0 aromatic heterocycles. The molecule has 0 aliphatic heterocycles. The van der Waals surface area contributed by atoms with Crippen molar-refractivity contribution >= 4 is 41.3 Å². The van der Waals surface area contributed by atoms with Gasteiger partial charge in [0.25, 0.3) is 0 Å². The van der Waals surface area contributed by atoms with Gasteiger partial charge in [0.15, 0.2) is 0 Å². The van der Waals surface area contributed by atoms with Crippen LogP contribution in [-0.2, 0) is 0 Å². The van der Waals surface area contributed by atoms with Crippen LogP contribution in [0.15, 0.2) is 97.1 Å². The maximum absolute atomic E-state index is 2.47. The average molecular weight is 622 g/mol. The van der Waals surface area contributed by atoms with Crippen molar-refractivity contribution in [2.75, 3.05) is 0 Å². The molecule has 0 atom stereocenters. The SMILES string of the molecule is CC(C)c1cccc(C(C)C)[c]1/[Ge]([c]1ccccc1)=[Ge](\[c]1ccccc1)[c]1c(C(C)C)cccc1C(C)C. The molecule has 4 rings (SSSR count). The topological polar surface area (TPSA) is 0 Å². The van der Waals surface area contributed by atoms with Crippen molar-refractivity contribution in [1.82, 2.24) is 0 Å². The molecular weight excluding hydrogens is 578 g/mol. The summed E-state index contributed by atoms with van der Waals surface area (Å²) in [6.07, 6.45) is 0. The second-order valence-electron chi connectivity index (χ2n) is 11.7. The maximum atomic E-state index is 2.47. The minimum atomic E-state index is -2.09. The van der Waals surface area contributed by atoms with Gasteiger partial charge in [0.05, 0.1) is 0 Å². The molecule has 0 radical (unpaired) electrons. The Kier molecular flexibility index (Phi) is 9.82. The molecule has 0 aliphatic carbocycles. The third-order valence-electron chi connectivity index (χ3n) is 7.62. The average Bonchev–Trinajstić information content (AvgIpc) is 2.91. The first-order chi connectivity index (χ1) is 18.2. The molecule has 0 bridgehead atoms. The predicted molar refractivity (Wildman–Crippen MR) is 172 cm³/mol. The van der Waals surface area contributed by atoms with Crippen molar-refractivity contribution in [3.8, 4) is 0 Å². The van der Waals surface area contributed by atoms with Crippen molar-refractivity contribution < 1.29 is 0 Å². The van der Waals surface area contributed by atoms with Crippen LogP contribution in [-0.4, -0.2) is 23.7 Å². The molecule has 0 spiro atoms. The molecule has 38 heavy (non-hydrogen) atoms. The van der Waals surface area contributed by atoms with Gasteiger partial charge in [-0.15, -0.1) is 0 Å². The monoisotopic (exact) mass is 624 g/mol. The van der Waals surface area contributed by atoms with Crippen LogP contribution in [0.3, 0.4) is 0 Å². The molecule has 0 aliphatic rings. The van der Waals surface area contributed by atoms with E-state index in [-0.39, 0.29) is 0 Å². The number of hydrogen-bond acceptors (Lipinski definition) is 0. The Morgan fingerprint density at radius 3 is 0.842 bits per heavy atom. The standard InChI is InChI=1S/C36H44Ge2/c1-25(2)31-21-15-22-32(26(3)4)35(31)37(29-17-11-9-12-18-29)38(30-19-13-10-14-20-30)36-33(27(5)6)23-16-24-34(36)28(7)8/h9-28H,1-8H3/b38-37+. The van der Waals surface area contributed by atoms with Gasteiger partial charge in [-0.05, 0) is 0 Å². The van der Waals surface area contributed by atoms with Gasteiger partial charge in [-0.25, -0.2) is 0 Å². The van der Waals surface area contributed by atoms with Gasteiger partial charge in [0, 0.05) is 0 Å². The van der Waals surface area contributed by atoms with Gasteiger partial charge in [-0.1, -0.05) is 0 Å². The first-order valence-corrected chi connectivity index (χ1v) is 25.0. The van der Waals surface area contributed by atoms with Gasteiger partial charge < -0.3 is 0 Å². The van der Waals surface area contributed by atoms with Gasteiger partial charge in [-0.2, -0.15) is 0 Å². The van der Waals surface area contributed by atoms with Crippen LogP contribution in [0.4, 0.5) is 0 Å². The van der Waals surface area contributed by atoms with E-state index in [1.807, 2.05) is 0 Å². The molecule has 0 saturated heterocycles. The van der Waals surface area contributed by atoms with Crippen LogP contribution in [0.5, 0.6) is 0 Å². The van der Waals surface area contributed by atoms with Crippen molar-refractivity contribution in [2.45, 2.75) is 79.1 Å². The van der Waals surface area contributed by atoms with Crippen molar-refractivity contribution in [2.24, 2.45) is 0 Å². The molecular formula is C36H44Ge2. The molecule has 0 N–H and O–H groups in total. The summed E-state index contributed by atoms with van der Waals surface area (Å²) in [5, 5.41) is 0. The Morgan fingerprint density at radius 1 is 0.342 bits per heavy atom. The fraction of sp³-hybridized carbons (Fsp3) is 0.333. The van der Waals surface area contributed by atoms with E-state index in [2.05, 4.69) is 152 Å². The second-order valence-corrected chi connectivity index (χ2v) is 30.3. The fourth-order valence-electron chi connectivity index (χ4n) is 5.72. The summed E-state index contributed by atoms with van der Waals surface area (Å²) >= 11 is -4.18. The first kappa shape index (κ1) is 29.0. The fourth-order valence-corrected chi connectivity index (χ4v) is 38.6. The van der Waals surface area contributed by atoms with Crippen LogP contribution in [0.2, 0.25) is 0 Å². The Hall–Kier alpha value is -2.03. The molecule has 4 aromatic carbocycles. The Bertz CT molecular complexity index is 1230. The van der Waals surface area contributed by atoms with E-state index in [1.165, 1.54) is 0 Å². The van der Waals surface area contributed by atoms with Crippen LogP contribution in [0.25, 0.3) is 0 Å². The van der Waals surface area contributed by atoms with Crippen LogP contribution < -0.4 is 17.6 Å². The molecule has 0 nitrogen and oxygen atoms in total. The third kappa shape index (κ3) is 6.07. The molecule has 0 heterocycles. The molecule has 0 amide bonds. The molecule has 0 fully saturated rings. The van der Waals surface area contributed by atoms with E-state index >= 15 is 0 Å². The normalized spacial score (nSPS) is 12.5. The van der Waals surface area contributed by atoms with E-state index in [4.69, 9.17) is 0 Å². The van der Waals surface area contributed by atoms with Crippen molar-refractivity contribution in [3.05, 3.63) is 119 Å². The van der Waals surface area contributed by atoms with E-state index in [9.17, 15) is 0 Å². The summed E-state index contributed by atoms with van der Waals surface area (Å²) in [6.45, 7) is 19.2. The van der Waals surface area contributed by atoms with Crippen molar-refractivity contribution in [3.63, 3.8) is 0 Å². The van der Waals surface area contributed by atoms with E-state index < -0.39 is 23.7 Å². The number of benzene rings is 4. The van der Waals surface area contributed by atoms with E-state index in [1.54, 1.807) is 39.8 Å². The van der Waals surface area contributed by atoms with Crippen molar-refractivity contribution in [1.29, 1.82) is 0 Å². The summed E-state index contributed by atoms with van der Waals surface area (Å²) in [5.74, 6) is 2.04. The molecule has 0 unspecified atom stereocenters. The Labute approximate surface area is 238 Å². The van der Waals surface area contributed by atoms with Gasteiger partial charge >= 0.3 is 240 Å². The van der Waals surface area contributed by atoms with E-state index in [0.29, 0.717) is 23.7 Å². The molecule has 2 heteroatoms.